The molecule has 114 valence electrons. The molecule has 0 amide bonds. The standard InChI is InChI=1S/C16H23BrN4/c1-4-8-21-16(19-11-20-21)10-15(18-5-2)14-7-6-13(17)9-12(14)3/h6-7,9,11,15,18H,4-5,8,10H2,1-3H3. The maximum absolute atomic E-state index is 4.43. The maximum atomic E-state index is 4.43. The molecule has 5 heteroatoms. The van der Waals surface area contributed by atoms with E-state index in [0.29, 0.717) is 0 Å². The van der Waals surface area contributed by atoms with E-state index >= 15 is 0 Å². The number of nitrogens with one attached hydrogen (secondary N) is 1. The van der Waals surface area contributed by atoms with E-state index in [9.17, 15) is 0 Å². The first kappa shape index (κ1) is 16.2. The van der Waals surface area contributed by atoms with Crippen molar-refractivity contribution in [3.05, 3.63) is 46.0 Å². The summed E-state index contributed by atoms with van der Waals surface area (Å²) in [6.45, 7) is 8.31. The molecule has 0 radical (unpaired) electrons. The lowest BCUT2D eigenvalue weighted by Crippen LogP contribution is -2.25. The zero-order chi connectivity index (χ0) is 15.2. The molecule has 1 N–H and O–H groups in total. The van der Waals surface area contributed by atoms with Gasteiger partial charge in [0.1, 0.15) is 12.2 Å². The minimum Gasteiger partial charge on any atom is -0.310 e. The number of aryl methyl sites for hydroxylation is 2. The van der Waals surface area contributed by atoms with Gasteiger partial charge in [-0.15, -0.1) is 0 Å². The molecule has 21 heavy (non-hydrogen) atoms. The van der Waals surface area contributed by atoms with Gasteiger partial charge in [0.15, 0.2) is 0 Å². The molecule has 0 bridgehead atoms. The first-order valence-corrected chi connectivity index (χ1v) is 8.31. The average molecular weight is 351 g/mol. The predicted molar refractivity (Wildman–Crippen MR) is 89.3 cm³/mol. The monoisotopic (exact) mass is 350 g/mol. The number of benzene rings is 1. The molecule has 0 aliphatic carbocycles. The van der Waals surface area contributed by atoms with Gasteiger partial charge in [0.25, 0.3) is 0 Å². The van der Waals surface area contributed by atoms with Crippen molar-refractivity contribution in [1.29, 1.82) is 0 Å². The zero-order valence-electron chi connectivity index (χ0n) is 12.9. The van der Waals surface area contributed by atoms with Crippen LogP contribution < -0.4 is 5.32 Å². The second-order valence-electron chi connectivity index (χ2n) is 5.21. The van der Waals surface area contributed by atoms with Crippen LogP contribution in [0.15, 0.2) is 29.0 Å². The highest BCUT2D eigenvalue weighted by molar-refractivity contribution is 9.10. The highest BCUT2D eigenvalue weighted by Crippen LogP contribution is 2.24. The molecule has 1 aromatic carbocycles. The molecule has 0 aliphatic rings. The number of rotatable bonds is 7. The van der Waals surface area contributed by atoms with Crippen LogP contribution in [-0.4, -0.2) is 21.3 Å². The van der Waals surface area contributed by atoms with Crippen LogP contribution in [0.25, 0.3) is 0 Å². The Hall–Kier alpha value is -1.20. The Kier molecular flexibility index (Phi) is 5.94. The van der Waals surface area contributed by atoms with Gasteiger partial charge in [0.2, 0.25) is 0 Å². The Labute approximate surface area is 135 Å². The van der Waals surface area contributed by atoms with Crippen molar-refractivity contribution in [3.8, 4) is 0 Å². The van der Waals surface area contributed by atoms with Crippen LogP contribution in [0, 0.1) is 6.92 Å². The van der Waals surface area contributed by atoms with Gasteiger partial charge < -0.3 is 5.32 Å². The Morgan fingerprint density at radius 2 is 2.14 bits per heavy atom. The topological polar surface area (TPSA) is 42.7 Å². The van der Waals surface area contributed by atoms with E-state index in [-0.39, 0.29) is 6.04 Å². The summed E-state index contributed by atoms with van der Waals surface area (Å²) in [4.78, 5) is 4.43. The fourth-order valence-electron chi connectivity index (χ4n) is 2.60. The lowest BCUT2D eigenvalue weighted by molar-refractivity contribution is 0.497. The number of nitrogens with zero attached hydrogens (tertiary/aromatic N) is 3. The van der Waals surface area contributed by atoms with Crippen molar-refractivity contribution >= 4 is 15.9 Å². The highest BCUT2D eigenvalue weighted by atomic mass is 79.9. The molecule has 0 spiro atoms. The minimum atomic E-state index is 0.267. The molecule has 1 atom stereocenters. The van der Waals surface area contributed by atoms with Crippen molar-refractivity contribution in [1.82, 2.24) is 20.1 Å². The number of hydrogen-bond donors (Lipinski definition) is 1. The number of aromatic nitrogens is 3. The largest absolute Gasteiger partial charge is 0.310 e. The molecule has 4 nitrogen and oxygen atoms in total. The van der Waals surface area contributed by atoms with E-state index in [1.165, 1.54) is 11.1 Å². The van der Waals surface area contributed by atoms with Gasteiger partial charge in [-0.2, -0.15) is 5.10 Å². The Morgan fingerprint density at radius 3 is 2.81 bits per heavy atom. The zero-order valence-corrected chi connectivity index (χ0v) is 14.5. The summed E-state index contributed by atoms with van der Waals surface area (Å²) in [5.74, 6) is 1.05. The summed E-state index contributed by atoms with van der Waals surface area (Å²) in [7, 11) is 0. The van der Waals surface area contributed by atoms with Crippen molar-refractivity contribution in [2.24, 2.45) is 0 Å². The van der Waals surface area contributed by atoms with Crippen LogP contribution in [-0.2, 0) is 13.0 Å². The molecule has 2 rings (SSSR count). The second-order valence-corrected chi connectivity index (χ2v) is 6.13. The third-order valence-corrected chi connectivity index (χ3v) is 4.07. The molecule has 0 fully saturated rings. The first-order chi connectivity index (χ1) is 10.2. The van der Waals surface area contributed by atoms with Crippen LogP contribution >= 0.6 is 15.9 Å². The molecule has 1 heterocycles. The first-order valence-electron chi connectivity index (χ1n) is 7.51. The predicted octanol–water partition coefficient (Wildman–Crippen LogP) is 3.65. The van der Waals surface area contributed by atoms with Crippen molar-refractivity contribution in [2.75, 3.05) is 6.54 Å². The van der Waals surface area contributed by atoms with Crippen molar-refractivity contribution in [3.63, 3.8) is 0 Å². The van der Waals surface area contributed by atoms with Gasteiger partial charge >= 0.3 is 0 Å². The van der Waals surface area contributed by atoms with Gasteiger partial charge in [-0.05, 0) is 43.1 Å². The molecule has 0 aliphatic heterocycles. The quantitative estimate of drug-likeness (QED) is 0.828. The summed E-state index contributed by atoms with van der Waals surface area (Å²) in [5, 5.41) is 7.89. The molecule has 0 saturated heterocycles. The molecular formula is C16H23BrN4. The lowest BCUT2D eigenvalue weighted by atomic mass is 9.98. The Bertz CT molecular complexity index is 579. The molecule has 0 saturated carbocycles. The molecular weight excluding hydrogens is 328 g/mol. The fourth-order valence-corrected chi connectivity index (χ4v) is 3.07. The van der Waals surface area contributed by atoms with E-state index < -0.39 is 0 Å². The van der Waals surface area contributed by atoms with E-state index in [0.717, 1.165) is 36.2 Å². The maximum Gasteiger partial charge on any atom is 0.138 e. The third-order valence-electron chi connectivity index (χ3n) is 3.58. The normalized spacial score (nSPS) is 12.6. The smallest absolute Gasteiger partial charge is 0.138 e. The van der Waals surface area contributed by atoms with E-state index in [1.807, 2.05) is 4.68 Å². The highest BCUT2D eigenvalue weighted by Gasteiger charge is 2.16. The van der Waals surface area contributed by atoms with Crippen molar-refractivity contribution in [2.45, 2.75) is 46.2 Å². The second kappa shape index (κ2) is 7.71. The summed E-state index contributed by atoms with van der Waals surface area (Å²) in [5.41, 5.74) is 2.61. The van der Waals surface area contributed by atoms with Gasteiger partial charge in [0, 0.05) is 23.5 Å². The lowest BCUT2D eigenvalue weighted by Gasteiger charge is -2.20. The molecule has 2 aromatic rings. The summed E-state index contributed by atoms with van der Waals surface area (Å²) < 4.78 is 3.13. The Balaban J connectivity index is 2.24. The van der Waals surface area contributed by atoms with Gasteiger partial charge in [0.05, 0.1) is 0 Å². The number of hydrogen-bond acceptors (Lipinski definition) is 3. The number of halogens is 1. The molecule has 1 unspecified atom stereocenters. The number of likely N-dealkylation sites (N-methyl/N-ethyl adjacent to an activating group) is 1. The summed E-state index contributed by atoms with van der Waals surface area (Å²) >= 11 is 3.53. The van der Waals surface area contributed by atoms with Crippen LogP contribution in [0.3, 0.4) is 0 Å². The fraction of sp³-hybridized carbons (Fsp3) is 0.500. The van der Waals surface area contributed by atoms with Gasteiger partial charge in [-0.3, -0.25) is 4.68 Å². The van der Waals surface area contributed by atoms with Gasteiger partial charge in [-0.25, -0.2) is 4.98 Å². The van der Waals surface area contributed by atoms with Crippen LogP contribution in [0.4, 0.5) is 0 Å². The van der Waals surface area contributed by atoms with Crippen molar-refractivity contribution < 1.29 is 0 Å². The Morgan fingerprint density at radius 1 is 1.33 bits per heavy atom. The summed E-state index contributed by atoms with van der Waals surface area (Å²) in [6.07, 6.45) is 3.58. The summed E-state index contributed by atoms with van der Waals surface area (Å²) in [6, 6.07) is 6.72. The van der Waals surface area contributed by atoms with Crippen LogP contribution in [0.2, 0.25) is 0 Å². The SMILES string of the molecule is CCCn1ncnc1CC(NCC)c1ccc(Br)cc1C. The molecule has 1 aromatic heterocycles. The van der Waals surface area contributed by atoms with E-state index in [1.54, 1.807) is 6.33 Å². The van der Waals surface area contributed by atoms with Gasteiger partial charge in [-0.1, -0.05) is 35.8 Å². The van der Waals surface area contributed by atoms with Crippen LogP contribution in [0.5, 0.6) is 0 Å². The van der Waals surface area contributed by atoms with Crippen LogP contribution in [0.1, 0.15) is 43.3 Å². The van der Waals surface area contributed by atoms with E-state index in [4.69, 9.17) is 0 Å². The minimum absolute atomic E-state index is 0.267. The van der Waals surface area contributed by atoms with E-state index in [2.05, 4.69) is 70.3 Å². The third kappa shape index (κ3) is 4.14. The average Bonchev–Trinajstić information content (AvgIpc) is 2.86.